The third-order valence-corrected chi connectivity index (χ3v) is 3.59. The molecule has 1 fully saturated rings. The lowest BCUT2D eigenvalue weighted by atomic mass is 10.1. The summed E-state index contributed by atoms with van der Waals surface area (Å²) in [4.78, 5) is 14.5. The third-order valence-electron chi connectivity index (χ3n) is 3.38. The van der Waals surface area contributed by atoms with Crippen LogP contribution in [-0.2, 0) is 0 Å². The van der Waals surface area contributed by atoms with Gasteiger partial charge in [0.05, 0.1) is 4.92 Å². The van der Waals surface area contributed by atoms with E-state index in [1.165, 1.54) is 17.7 Å². The lowest BCUT2D eigenvalue weighted by molar-refractivity contribution is -0.384. The number of halogens is 1. The highest BCUT2D eigenvalue weighted by Gasteiger charge is 2.39. The maximum absolute atomic E-state index is 11.0. The van der Waals surface area contributed by atoms with Gasteiger partial charge in [-0.2, -0.15) is 0 Å². The molecule has 0 radical (unpaired) electrons. The van der Waals surface area contributed by atoms with E-state index in [4.69, 9.17) is 11.6 Å². The van der Waals surface area contributed by atoms with Gasteiger partial charge in [0, 0.05) is 18.0 Å². The molecule has 20 heavy (non-hydrogen) atoms. The fourth-order valence-corrected chi connectivity index (χ4v) is 2.43. The van der Waals surface area contributed by atoms with Crippen molar-refractivity contribution in [2.75, 3.05) is 5.32 Å². The van der Waals surface area contributed by atoms with Crippen molar-refractivity contribution in [2.24, 2.45) is 0 Å². The van der Waals surface area contributed by atoms with Crippen LogP contribution in [0, 0.1) is 10.1 Å². The summed E-state index contributed by atoms with van der Waals surface area (Å²) in [6, 6.07) is 13.0. The Balaban J connectivity index is 1.77. The van der Waals surface area contributed by atoms with E-state index in [9.17, 15) is 10.1 Å². The highest BCUT2D eigenvalue weighted by molar-refractivity contribution is 6.29. The molecule has 2 atom stereocenters. The summed E-state index contributed by atoms with van der Waals surface area (Å²) in [5.74, 6) is 0.613. The minimum atomic E-state index is -0.453. The van der Waals surface area contributed by atoms with E-state index in [-0.39, 0.29) is 22.7 Å². The summed E-state index contributed by atoms with van der Waals surface area (Å²) in [6.07, 6.45) is 0.940. The van der Waals surface area contributed by atoms with Gasteiger partial charge < -0.3 is 5.32 Å². The van der Waals surface area contributed by atoms with E-state index in [1.807, 2.05) is 18.2 Å². The first-order valence-corrected chi connectivity index (χ1v) is 6.65. The molecule has 6 heteroatoms. The van der Waals surface area contributed by atoms with Crippen molar-refractivity contribution in [1.82, 2.24) is 4.98 Å². The number of rotatable bonds is 4. The summed E-state index contributed by atoms with van der Waals surface area (Å²) in [6.45, 7) is 0. The van der Waals surface area contributed by atoms with E-state index >= 15 is 0 Å². The molecule has 1 aliphatic carbocycles. The molecule has 0 amide bonds. The summed E-state index contributed by atoms with van der Waals surface area (Å²) in [5.41, 5.74) is 1.18. The Morgan fingerprint density at radius 1 is 1.25 bits per heavy atom. The minimum Gasteiger partial charge on any atom is -0.361 e. The lowest BCUT2D eigenvalue weighted by Crippen LogP contribution is -2.08. The van der Waals surface area contributed by atoms with Crippen molar-refractivity contribution >= 4 is 23.1 Å². The largest absolute Gasteiger partial charge is 0.361 e. The second kappa shape index (κ2) is 5.09. The molecule has 0 bridgehead atoms. The molecular weight excluding hydrogens is 278 g/mol. The van der Waals surface area contributed by atoms with E-state index in [2.05, 4.69) is 22.4 Å². The number of pyridine rings is 1. The molecular formula is C14H12ClN3O2. The van der Waals surface area contributed by atoms with Crippen LogP contribution in [0.15, 0.2) is 42.5 Å². The van der Waals surface area contributed by atoms with Crippen molar-refractivity contribution in [3.8, 4) is 0 Å². The second-order valence-electron chi connectivity index (χ2n) is 4.76. The highest BCUT2D eigenvalue weighted by Crippen LogP contribution is 2.43. The molecule has 0 spiro atoms. The summed E-state index contributed by atoms with van der Waals surface area (Å²) in [7, 11) is 0. The number of benzene rings is 1. The molecule has 0 aliphatic heterocycles. The van der Waals surface area contributed by atoms with Crippen LogP contribution in [0.1, 0.15) is 17.9 Å². The number of hydrogen-bond donors (Lipinski definition) is 1. The zero-order chi connectivity index (χ0) is 14.1. The van der Waals surface area contributed by atoms with Crippen molar-refractivity contribution in [3.05, 3.63) is 63.3 Å². The van der Waals surface area contributed by atoms with Gasteiger partial charge in [-0.15, -0.1) is 0 Å². The predicted molar refractivity (Wildman–Crippen MR) is 77.1 cm³/mol. The van der Waals surface area contributed by atoms with Gasteiger partial charge in [0.2, 0.25) is 5.82 Å². The van der Waals surface area contributed by atoms with Crippen molar-refractivity contribution in [1.29, 1.82) is 0 Å². The first-order chi connectivity index (χ1) is 9.65. The molecule has 1 heterocycles. The van der Waals surface area contributed by atoms with Gasteiger partial charge >= 0.3 is 5.69 Å². The number of nitro groups is 1. The minimum absolute atomic E-state index is 0.0480. The molecule has 0 saturated heterocycles. The predicted octanol–water partition coefficient (Wildman–Crippen LogP) is 3.61. The maximum Gasteiger partial charge on any atom is 0.311 e. The molecule has 1 aromatic carbocycles. The molecule has 2 aromatic rings. The second-order valence-corrected chi connectivity index (χ2v) is 5.15. The molecule has 102 valence electrons. The molecule has 5 nitrogen and oxygen atoms in total. The Morgan fingerprint density at radius 3 is 2.70 bits per heavy atom. The Kier molecular flexibility index (Phi) is 3.28. The van der Waals surface area contributed by atoms with Crippen LogP contribution < -0.4 is 5.32 Å². The van der Waals surface area contributed by atoms with Gasteiger partial charge in [0.25, 0.3) is 0 Å². The lowest BCUT2D eigenvalue weighted by Gasteiger charge is -2.06. The van der Waals surface area contributed by atoms with Crippen LogP contribution >= 0.6 is 11.6 Å². The summed E-state index contributed by atoms with van der Waals surface area (Å²) < 4.78 is 0. The number of anilines is 1. The number of aromatic nitrogens is 1. The van der Waals surface area contributed by atoms with Gasteiger partial charge in [-0.05, 0) is 18.1 Å². The van der Waals surface area contributed by atoms with E-state index < -0.39 is 4.92 Å². The van der Waals surface area contributed by atoms with Gasteiger partial charge in [0.15, 0.2) is 0 Å². The fraction of sp³-hybridized carbons (Fsp3) is 0.214. The molecule has 1 aromatic heterocycles. The van der Waals surface area contributed by atoms with Crippen LogP contribution in [-0.4, -0.2) is 15.9 Å². The van der Waals surface area contributed by atoms with Crippen LogP contribution in [0.25, 0.3) is 0 Å². The first kappa shape index (κ1) is 12.9. The monoisotopic (exact) mass is 289 g/mol. The quantitative estimate of drug-likeness (QED) is 0.530. The van der Waals surface area contributed by atoms with E-state index in [1.54, 1.807) is 0 Å². The van der Waals surface area contributed by atoms with Crippen molar-refractivity contribution in [3.63, 3.8) is 0 Å². The topological polar surface area (TPSA) is 68.1 Å². The molecule has 2 unspecified atom stereocenters. The Morgan fingerprint density at radius 2 is 2.00 bits per heavy atom. The zero-order valence-electron chi connectivity index (χ0n) is 10.5. The molecule has 1 saturated carbocycles. The molecule has 1 N–H and O–H groups in total. The standard InChI is InChI=1S/C14H12ClN3O2/c15-13-7-6-12(18(19)20)14(17-13)16-11-8-10(11)9-4-2-1-3-5-9/h1-7,10-11H,8H2,(H,16,17). The third kappa shape index (κ3) is 2.58. The average Bonchev–Trinajstić information content (AvgIpc) is 3.19. The SMILES string of the molecule is O=[N+]([O-])c1ccc(Cl)nc1NC1CC1c1ccccc1. The first-order valence-electron chi connectivity index (χ1n) is 6.27. The fourth-order valence-electron chi connectivity index (χ4n) is 2.28. The Labute approximate surface area is 120 Å². The maximum atomic E-state index is 11.0. The number of hydrogen-bond acceptors (Lipinski definition) is 4. The van der Waals surface area contributed by atoms with Crippen molar-refractivity contribution in [2.45, 2.75) is 18.4 Å². The van der Waals surface area contributed by atoms with Gasteiger partial charge in [0.1, 0.15) is 5.15 Å². The van der Waals surface area contributed by atoms with Gasteiger partial charge in [-0.1, -0.05) is 41.9 Å². The van der Waals surface area contributed by atoms with Crippen LogP contribution in [0.5, 0.6) is 0 Å². The Bertz CT molecular complexity index is 648. The summed E-state index contributed by atoms with van der Waals surface area (Å²) >= 11 is 5.81. The number of nitrogens with one attached hydrogen (secondary N) is 1. The average molecular weight is 290 g/mol. The van der Waals surface area contributed by atoms with Crippen LogP contribution in [0.4, 0.5) is 11.5 Å². The highest BCUT2D eigenvalue weighted by atomic mass is 35.5. The zero-order valence-corrected chi connectivity index (χ0v) is 11.2. The Hall–Kier alpha value is -2.14. The van der Waals surface area contributed by atoms with E-state index in [0.717, 1.165) is 6.42 Å². The van der Waals surface area contributed by atoms with Crippen molar-refractivity contribution < 1.29 is 4.92 Å². The normalized spacial score (nSPS) is 20.4. The van der Waals surface area contributed by atoms with E-state index in [0.29, 0.717) is 5.92 Å². The smallest absolute Gasteiger partial charge is 0.311 e. The van der Waals surface area contributed by atoms with Gasteiger partial charge in [-0.3, -0.25) is 10.1 Å². The van der Waals surface area contributed by atoms with Gasteiger partial charge in [-0.25, -0.2) is 4.98 Å². The molecule has 1 aliphatic rings. The molecule has 3 rings (SSSR count). The number of nitrogens with zero attached hydrogens (tertiary/aromatic N) is 2. The van der Waals surface area contributed by atoms with Crippen LogP contribution in [0.2, 0.25) is 5.15 Å². The van der Waals surface area contributed by atoms with Crippen LogP contribution in [0.3, 0.4) is 0 Å². The summed E-state index contributed by atoms with van der Waals surface area (Å²) in [5, 5.41) is 14.3.